The Bertz CT molecular complexity index is 182. The van der Waals surface area contributed by atoms with Gasteiger partial charge in [-0.3, -0.25) is 0 Å². The number of hydrogen-bond donors (Lipinski definition) is 2. The van der Waals surface area contributed by atoms with E-state index < -0.39 is 6.10 Å². The standard InChI is InChI=1S/C13H27NO3/c1-11-3-5-13(6-4-11)17-10-12(15)9-14-7-8-16-2/h11-15H,3-10H2,1-2H3/t11?,12-,13?/m0/s1. The molecule has 17 heavy (non-hydrogen) atoms. The van der Waals surface area contributed by atoms with Gasteiger partial charge in [0.1, 0.15) is 0 Å². The van der Waals surface area contributed by atoms with Crippen molar-refractivity contribution >= 4 is 0 Å². The molecule has 1 aliphatic carbocycles. The van der Waals surface area contributed by atoms with Crippen molar-refractivity contribution in [1.29, 1.82) is 0 Å². The quantitative estimate of drug-likeness (QED) is 0.631. The molecule has 102 valence electrons. The summed E-state index contributed by atoms with van der Waals surface area (Å²) >= 11 is 0. The van der Waals surface area contributed by atoms with Gasteiger partial charge in [-0.15, -0.1) is 0 Å². The van der Waals surface area contributed by atoms with Gasteiger partial charge in [-0.05, 0) is 31.6 Å². The van der Waals surface area contributed by atoms with Gasteiger partial charge in [-0.1, -0.05) is 6.92 Å². The molecule has 1 aliphatic rings. The van der Waals surface area contributed by atoms with Crippen LogP contribution in [0.3, 0.4) is 0 Å². The minimum atomic E-state index is -0.411. The summed E-state index contributed by atoms with van der Waals surface area (Å²) in [6.45, 7) is 4.76. The second-order valence-electron chi connectivity index (χ2n) is 5.07. The topological polar surface area (TPSA) is 50.7 Å². The summed E-state index contributed by atoms with van der Waals surface area (Å²) in [5, 5.41) is 12.8. The van der Waals surface area contributed by atoms with Gasteiger partial charge in [0.25, 0.3) is 0 Å². The summed E-state index contributed by atoms with van der Waals surface area (Å²) in [5.41, 5.74) is 0. The van der Waals surface area contributed by atoms with Crippen LogP contribution in [0.2, 0.25) is 0 Å². The van der Waals surface area contributed by atoms with Crippen molar-refractivity contribution in [3.63, 3.8) is 0 Å². The van der Waals surface area contributed by atoms with E-state index in [1.807, 2.05) is 0 Å². The van der Waals surface area contributed by atoms with Gasteiger partial charge in [0.05, 0.1) is 25.4 Å². The largest absolute Gasteiger partial charge is 0.389 e. The predicted molar refractivity (Wildman–Crippen MR) is 68.1 cm³/mol. The van der Waals surface area contributed by atoms with E-state index in [1.165, 1.54) is 12.8 Å². The monoisotopic (exact) mass is 245 g/mol. The van der Waals surface area contributed by atoms with Gasteiger partial charge < -0.3 is 19.9 Å². The lowest BCUT2D eigenvalue weighted by molar-refractivity contribution is -0.0280. The van der Waals surface area contributed by atoms with Gasteiger partial charge in [0.2, 0.25) is 0 Å². The molecule has 0 heterocycles. The molecule has 1 rings (SSSR count). The summed E-state index contributed by atoms with van der Waals surface area (Å²) in [5.74, 6) is 0.843. The van der Waals surface area contributed by atoms with Crippen molar-refractivity contribution < 1.29 is 14.6 Å². The molecule has 1 fully saturated rings. The predicted octanol–water partition coefficient (Wildman–Crippen LogP) is 1.18. The molecule has 0 aliphatic heterocycles. The van der Waals surface area contributed by atoms with E-state index in [9.17, 15) is 5.11 Å². The number of hydrogen-bond acceptors (Lipinski definition) is 4. The molecule has 0 amide bonds. The highest BCUT2D eigenvalue weighted by molar-refractivity contribution is 4.70. The summed E-state index contributed by atoms with van der Waals surface area (Å²) < 4.78 is 10.6. The number of ether oxygens (including phenoxy) is 2. The third-order valence-electron chi connectivity index (χ3n) is 3.35. The lowest BCUT2D eigenvalue weighted by Crippen LogP contribution is -2.34. The third-order valence-corrected chi connectivity index (χ3v) is 3.35. The number of aliphatic hydroxyl groups excluding tert-OH is 1. The first-order valence-corrected chi connectivity index (χ1v) is 6.71. The Labute approximate surface area is 105 Å². The summed E-state index contributed by atoms with van der Waals surface area (Å²) in [6.07, 6.45) is 4.75. The van der Waals surface area contributed by atoms with E-state index in [4.69, 9.17) is 9.47 Å². The van der Waals surface area contributed by atoms with Crippen LogP contribution in [0.5, 0.6) is 0 Å². The molecule has 0 unspecified atom stereocenters. The molecule has 0 aromatic heterocycles. The summed E-state index contributed by atoms with van der Waals surface area (Å²) in [4.78, 5) is 0. The van der Waals surface area contributed by atoms with Crippen LogP contribution in [0.4, 0.5) is 0 Å². The van der Waals surface area contributed by atoms with Gasteiger partial charge in [-0.25, -0.2) is 0 Å². The van der Waals surface area contributed by atoms with Gasteiger partial charge in [0.15, 0.2) is 0 Å². The molecule has 0 aromatic rings. The van der Waals surface area contributed by atoms with Crippen LogP contribution < -0.4 is 5.32 Å². The fourth-order valence-corrected chi connectivity index (χ4v) is 2.15. The first-order chi connectivity index (χ1) is 8.22. The average molecular weight is 245 g/mol. The van der Waals surface area contributed by atoms with Crippen molar-refractivity contribution in [3.05, 3.63) is 0 Å². The van der Waals surface area contributed by atoms with E-state index in [1.54, 1.807) is 7.11 Å². The molecule has 1 atom stereocenters. The molecule has 2 N–H and O–H groups in total. The molecule has 0 aromatic carbocycles. The van der Waals surface area contributed by atoms with E-state index in [-0.39, 0.29) is 0 Å². The van der Waals surface area contributed by atoms with Gasteiger partial charge >= 0.3 is 0 Å². The SMILES string of the molecule is COCCNC[C@H](O)COC1CCC(C)CC1. The Morgan fingerprint density at radius 2 is 2.00 bits per heavy atom. The number of nitrogens with one attached hydrogen (secondary N) is 1. The first-order valence-electron chi connectivity index (χ1n) is 6.71. The highest BCUT2D eigenvalue weighted by Crippen LogP contribution is 2.25. The zero-order valence-corrected chi connectivity index (χ0v) is 11.2. The molecule has 0 saturated heterocycles. The summed E-state index contributed by atoms with van der Waals surface area (Å²) in [7, 11) is 1.67. The molecule has 0 radical (unpaired) electrons. The van der Waals surface area contributed by atoms with Crippen LogP contribution in [-0.4, -0.2) is 50.7 Å². The average Bonchev–Trinajstić information content (AvgIpc) is 2.34. The van der Waals surface area contributed by atoms with Gasteiger partial charge in [0, 0.05) is 20.2 Å². The van der Waals surface area contributed by atoms with Crippen LogP contribution in [-0.2, 0) is 9.47 Å². The van der Waals surface area contributed by atoms with Crippen molar-refractivity contribution in [2.75, 3.05) is 33.4 Å². The molecular formula is C13H27NO3. The molecule has 1 saturated carbocycles. The lowest BCUT2D eigenvalue weighted by Gasteiger charge is -2.27. The van der Waals surface area contributed by atoms with Crippen LogP contribution >= 0.6 is 0 Å². The maximum atomic E-state index is 9.70. The highest BCUT2D eigenvalue weighted by Gasteiger charge is 2.19. The van der Waals surface area contributed by atoms with Crippen LogP contribution in [0.25, 0.3) is 0 Å². The van der Waals surface area contributed by atoms with Crippen LogP contribution in [0, 0.1) is 5.92 Å². The third kappa shape index (κ3) is 6.99. The highest BCUT2D eigenvalue weighted by atomic mass is 16.5. The van der Waals surface area contributed by atoms with Crippen molar-refractivity contribution in [3.8, 4) is 0 Å². The lowest BCUT2D eigenvalue weighted by atomic mass is 9.89. The molecule has 4 heteroatoms. The normalized spacial score (nSPS) is 27.0. The van der Waals surface area contributed by atoms with E-state index in [0.29, 0.717) is 25.9 Å². The fourth-order valence-electron chi connectivity index (χ4n) is 2.15. The number of methoxy groups -OCH3 is 1. The Balaban J connectivity index is 1.97. The van der Waals surface area contributed by atoms with Crippen LogP contribution in [0.15, 0.2) is 0 Å². The summed E-state index contributed by atoms with van der Waals surface area (Å²) in [6, 6.07) is 0. The first kappa shape index (κ1) is 14.9. The Kier molecular flexibility index (Phi) is 7.77. The smallest absolute Gasteiger partial charge is 0.0897 e. The molecular weight excluding hydrogens is 218 g/mol. The van der Waals surface area contributed by atoms with Crippen molar-refractivity contribution in [1.82, 2.24) is 5.32 Å². The molecule has 0 spiro atoms. The maximum absolute atomic E-state index is 9.70. The Hall–Kier alpha value is -0.160. The second kappa shape index (κ2) is 8.86. The minimum absolute atomic E-state index is 0.361. The van der Waals surface area contributed by atoms with E-state index >= 15 is 0 Å². The van der Waals surface area contributed by atoms with Crippen molar-refractivity contribution in [2.24, 2.45) is 5.92 Å². The molecule has 4 nitrogen and oxygen atoms in total. The van der Waals surface area contributed by atoms with Gasteiger partial charge in [-0.2, -0.15) is 0 Å². The van der Waals surface area contributed by atoms with E-state index in [0.717, 1.165) is 25.3 Å². The maximum Gasteiger partial charge on any atom is 0.0897 e. The zero-order valence-electron chi connectivity index (χ0n) is 11.2. The Morgan fingerprint density at radius 3 is 2.65 bits per heavy atom. The number of aliphatic hydroxyl groups is 1. The van der Waals surface area contributed by atoms with Crippen LogP contribution in [0.1, 0.15) is 32.6 Å². The van der Waals surface area contributed by atoms with Crippen molar-refractivity contribution in [2.45, 2.75) is 44.8 Å². The Morgan fingerprint density at radius 1 is 1.29 bits per heavy atom. The molecule has 0 bridgehead atoms. The second-order valence-corrected chi connectivity index (χ2v) is 5.07. The zero-order chi connectivity index (χ0) is 12.5. The fraction of sp³-hybridized carbons (Fsp3) is 1.00. The van der Waals surface area contributed by atoms with E-state index in [2.05, 4.69) is 12.2 Å². The number of rotatable bonds is 8. The minimum Gasteiger partial charge on any atom is -0.389 e.